The van der Waals surface area contributed by atoms with Crippen molar-refractivity contribution < 1.29 is 14.7 Å². The molecule has 1 aromatic heterocycles. The number of carboxylic acids is 1. The summed E-state index contributed by atoms with van der Waals surface area (Å²) in [6, 6.07) is -0.462. The van der Waals surface area contributed by atoms with E-state index in [2.05, 4.69) is 29.5 Å². The summed E-state index contributed by atoms with van der Waals surface area (Å²) in [6.45, 7) is 7.91. The molecule has 0 aliphatic carbocycles. The number of aromatic carboxylic acids is 1. The van der Waals surface area contributed by atoms with Crippen LogP contribution in [0.2, 0.25) is 0 Å². The Labute approximate surface area is 122 Å². The van der Waals surface area contributed by atoms with E-state index in [-0.39, 0.29) is 23.8 Å². The number of rotatable bonds is 6. The summed E-state index contributed by atoms with van der Waals surface area (Å²) in [5, 5.41) is 16.5. The summed E-state index contributed by atoms with van der Waals surface area (Å²) in [7, 11) is 0. The number of urea groups is 1. The average Bonchev–Trinajstić information content (AvgIpc) is 2.85. The summed E-state index contributed by atoms with van der Waals surface area (Å²) in [5.41, 5.74) is 0.00710. The Hall–Kier alpha value is -1.63. The number of hydrogen-bond donors (Lipinski definition) is 3. The lowest BCUT2D eigenvalue weighted by molar-refractivity contribution is 0.0691. The van der Waals surface area contributed by atoms with Gasteiger partial charge < -0.3 is 15.7 Å². The van der Waals surface area contributed by atoms with Crippen LogP contribution >= 0.6 is 11.3 Å². The number of carbonyl (C=O) groups excluding carboxylic acids is 1. The molecule has 2 atom stereocenters. The third-order valence-electron chi connectivity index (χ3n) is 3.02. The van der Waals surface area contributed by atoms with Crippen molar-refractivity contribution in [1.29, 1.82) is 0 Å². The highest BCUT2D eigenvalue weighted by Crippen LogP contribution is 2.18. The van der Waals surface area contributed by atoms with Gasteiger partial charge in [0.15, 0.2) is 5.69 Å². The van der Waals surface area contributed by atoms with E-state index in [1.54, 1.807) is 6.92 Å². The minimum absolute atomic E-state index is 0.00710. The second-order valence-corrected chi connectivity index (χ2v) is 5.86. The molecule has 0 saturated carbocycles. The van der Waals surface area contributed by atoms with Gasteiger partial charge in [0.2, 0.25) is 0 Å². The molecule has 0 saturated heterocycles. The zero-order valence-electron chi connectivity index (χ0n) is 12.1. The molecule has 0 fully saturated rings. The smallest absolute Gasteiger partial charge is 0.355 e. The van der Waals surface area contributed by atoms with Crippen molar-refractivity contribution in [3.05, 3.63) is 16.1 Å². The zero-order valence-corrected chi connectivity index (χ0v) is 13.0. The zero-order chi connectivity index (χ0) is 15.3. The molecule has 1 aromatic rings. The number of amides is 2. The van der Waals surface area contributed by atoms with Gasteiger partial charge in [-0.05, 0) is 19.3 Å². The molecule has 1 rings (SSSR count). The summed E-state index contributed by atoms with van der Waals surface area (Å²) in [6.07, 6.45) is 0.861. The van der Waals surface area contributed by atoms with Crippen molar-refractivity contribution in [3.8, 4) is 0 Å². The number of carbonyl (C=O) groups is 2. The van der Waals surface area contributed by atoms with E-state index in [1.807, 2.05) is 6.92 Å². The number of nitrogens with zero attached hydrogens (tertiary/aromatic N) is 1. The first kappa shape index (κ1) is 16.4. The molecule has 112 valence electrons. The van der Waals surface area contributed by atoms with E-state index >= 15 is 0 Å². The van der Waals surface area contributed by atoms with Crippen LogP contribution in [0.3, 0.4) is 0 Å². The largest absolute Gasteiger partial charge is 0.476 e. The van der Waals surface area contributed by atoms with E-state index in [0.29, 0.717) is 10.9 Å². The van der Waals surface area contributed by atoms with Gasteiger partial charge in [0.25, 0.3) is 0 Å². The van der Waals surface area contributed by atoms with Crippen LogP contribution in [0.4, 0.5) is 4.79 Å². The predicted molar refractivity (Wildman–Crippen MR) is 78.1 cm³/mol. The number of carboxylic acid groups (broad SMARTS) is 1. The van der Waals surface area contributed by atoms with Gasteiger partial charge in [-0.2, -0.15) is 0 Å². The van der Waals surface area contributed by atoms with E-state index in [9.17, 15) is 9.59 Å². The van der Waals surface area contributed by atoms with Gasteiger partial charge in [-0.3, -0.25) is 0 Å². The van der Waals surface area contributed by atoms with Crippen molar-refractivity contribution in [2.75, 3.05) is 0 Å². The van der Waals surface area contributed by atoms with Crippen LogP contribution in [0, 0.1) is 5.92 Å². The molecule has 20 heavy (non-hydrogen) atoms. The molecular weight excluding hydrogens is 278 g/mol. The molecule has 0 aliphatic heterocycles. The molecule has 7 heteroatoms. The van der Waals surface area contributed by atoms with Crippen LogP contribution in [-0.2, 0) is 0 Å². The van der Waals surface area contributed by atoms with Crippen LogP contribution < -0.4 is 10.6 Å². The number of hydrogen-bond acceptors (Lipinski definition) is 4. The van der Waals surface area contributed by atoms with Gasteiger partial charge in [-0.25, -0.2) is 14.6 Å². The summed E-state index contributed by atoms with van der Waals surface area (Å²) in [5.74, 6) is -0.700. The van der Waals surface area contributed by atoms with Gasteiger partial charge in [-0.15, -0.1) is 11.3 Å². The SMILES string of the molecule is CCC(NC(=O)NC(C)c1nc(C(=O)O)cs1)C(C)C. The van der Waals surface area contributed by atoms with Crippen molar-refractivity contribution in [2.24, 2.45) is 5.92 Å². The van der Waals surface area contributed by atoms with Crippen LogP contribution in [0.5, 0.6) is 0 Å². The van der Waals surface area contributed by atoms with E-state index < -0.39 is 5.97 Å². The first-order valence-corrected chi connectivity index (χ1v) is 7.48. The fraction of sp³-hybridized carbons (Fsp3) is 0.615. The van der Waals surface area contributed by atoms with E-state index in [0.717, 1.165) is 6.42 Å². The lowest BCUT2D eigenvalue weighted by Gasteiger charge is -2.22. The van der Waals surface area contributed by atoms with Crippen LogP contribution in [0.15, 0.2) is 5.38 Å². The fourth-order valence-electron chi connectivity index (χ4n) is 1.79. The number of thiazole rings is 1. The molecule has 6 nitrogen and oxygen atoms in total. The van der Waals surface area contributed by atoms with Gasteiger partial charge in [-0.1, -0.05) is 20.8 Å². The van der Waals surface area contributed by atoms with E-state index in [1.165, 1.54) is 16.7 Å². The van der Waals surface area contributed by atoms with Crippen molar-refractivity contribution >= 4 is 23.3 Å². The normalized spacial score (nSPS) is 13.8. The maximum absolute atomic E-state index is 11.9. The predicted octanol–water partition coefficient (Wildman–Crippen LogP) is 2.64. The second kappa shape index (κ2) is 7.23. The Morgan fingerprint density at radius 1 is 1.35 bits per heavy atom. The third-order valence-corrected chi connectivity index (χ3v) is 4.05. The van der Waals surface area contributed by atoms with Crippen LogP contribution in [0.25, 0.3) is 0 Å². The molecule has 0 aliphatic rings. The Morgan fingerprint density at radius 3 is 2.45 bits per heavy atom. The summed E-state index contributed by atoms with van der Waals surface area (Å²) < 4.78 is 0. The molecule has 2 amide bonds. The van der Waals surface area contributed by atoms with Gasteiger partial charge in [0.05, 0.1) is 6.04 Å². The highest BCUT2D eigenvalue weighted by atomic mass is 32.1. The highest BCUT2D eigenvalue weighted by Gasteiger charge is 2.18. The van der Waals surface area contributed by atoms with Crippen molar-refractivity contribution in [2.45, 2.75) is 46.2 Å². The standard InChI is InChI=1S/C13H21N3O3S/c1-5-9(7(2)3)16-13(19)14-8(4)11-15-10(6-20-11)12(17)18/h6-9H,5H2,1-4H3,(H,17,18)(H2,14,16,19). The summed E-state index contributed by atoms with van der Waals surface area (Å²) >= 11 is 1.22. The van der Waals surface area contributed by atoms with Crippen LogP contribution in [0.1, 0.15) is 55.7 Å². The third kappa shape index (κ3) is 4.48. The molecular formula is C13H21N3O3S. The van der Waals surface area contributed by atoms with Crippen LogP contribution in [-0.4, -0.2) is 28.1 Å². The van der Waals surface area contributed by atoms with Gasteiger partial charge in [0, 0.05) is 11.4 Å². The lowest BCUT2D eigenvalue weighted by atomic mass is 10.0. The first-order valence-electron chi connectivity index (χ1n) is 6.60. The molecule has 3 N–H and O–H groups in total. The maximum Gasteiger partial charge on any atom is 0.355 e. The molecule has 1 heterocycles. The minimum atomic E-state index is -1.06. The summed E-state index contributed by atoms with van der Waals surface area (Å²) in [4.78, 5) is 26.6. The molecule has 0 radical (unpaired) electrons. The monoisotopic (exact) mass is 299 g/mol. The van der Waals surface area contributed by atoms with Gasteiger partial charge >= 0.3 is 12.0 Å². The fourth-order valence-corrected chi connectivity index (χ4v) is 2.59. The lowest BCUT2D eigenvalue weighted by Crippen LogP contribution is -2.44. The highest BCUT2D eigenvalue weighted by molar-refractivity contribution is 7.09. The topological polar surface area (TPSA) is 91.3 Å². The Bertz CT molecular complexity index is 473. The van der Waals surface area contributed by atoms with Gasteiger partial charge in [0.1, 0.15) is 5.01 Å². The van der Waals surface area contributed by atoms with Crippen molar-refractivity contribution in [1.82, 2.24) is 15.6 Å². The van der Waals surface area contributed by atoms with E-state index in [4.69, 9.17) is 5.11 Å². The average molecular weight is 299 g/mol. The minimum Gasteiger partial charge on any atom is -0.476 e. The molecule has 0 spiro atoms. The number of aromatic nitrogens is 1. The second-order valence-electron chi connectivity index (χ2n) is 4.97. The maximum atomic E-state index is 11.9. The quantitative estimate of drug-likeness (QED) is 0.753. The first-order chi connectivity index (χ1) is 9.35. The Kier molecular flexibility index (Phi) is 5.94. The number of nitrogens with one attached hydrogen (secondary N) is 2. The Balaban J connectivity index is 2.58. The molecule has 2 unspecified atom stereocenters. The molecule has 0 bridgehead atoms. The molecule has 0 aromatic carbocycles. The Morgan fingerprint density at radius 2 is 2.00 bits per heavy atom. The van der Waals surface area contributed by atoms with Crippen molar-refractivity contribution in [3.63, 3.8) is 0 Å².